The molecule has 2 aromatic carbocycles. The van der Waals surface area contributed by atoms with Crippen molar-refractivity contribution < 1.29 is 19.1 Å². The maximum Gasteiger partial charge on any atom is 0.254 e. The zero-order valence-electron chi connectivity index (χ0n) is 22.0. The van der Waals surface area contributed by atoms with E-state index < -0.39 is 12.1 Å². The summed E-state index contributed by atoms with van der Waals surface area (Å²) in [6.07, 6.45) is 4.90. The highest BCUT2D eigenvalue weighted by atomic mass is 16.3. The summed E-state index contributed by atoms with van der Waals surface area (Å²) < 4.78 is 5.61. The molecule has 0 saturated carbocycles. The van der Waals surface area contributed by atoms with Crippen LogP contribution in [0.1, 0.15) is 75.2 Å². The fraction of sp³-hybridized carbons (Fsp3) is 0.433. The van der Waals surface area contributed by atoms with Crippen molar-refractivity contribution >= 4 is 11.8 Å². The van der Waals surface area contributed by atoms with Crippen LogP contribution in [0.2, 0.25) is 0 Å². The highest BCUT2D eigenvalue weighted by Gasteiger charge is 2.35. The molecule has 4 atom stereocenters. The molecule has 8 nitrogen and oxygen atoms in total. The van der Waals surface area contributed by atoms with Crippen molar-refractivity contribution in [3.8, 4) is 0 Å². The van der Waals surface area contributed by atoms with Crippen molar-refractivity contribution in [3.05, 3.63) is 88.6 Å². The number of amides is 2. The van der Waals surface area contributed by atoms with Gasteiger partial charge in [-0.2, -0.15) is 0 Å². The third-order valence-corrected chi connectivity index (χ3v) is 7.56. The first-order valence-electron chi connectivity index (χ1n) is 13.5. The van der Waals surface area contributed by atoms with Gasteiger partial charge >= 0.3 is 0 Å². The Kier molecular flexibility index (Phi) is 7.90. The number of likely N-dealkylation sites (tertiary alicyclic amines) is 1. The molecule has 0 bridgehead atoms. The predicted octanol–water partition coefficient (Wildman–Crippen LogP) is 3.72. The Labute approximate surface area is 223 Å². The third kappa shape index (κ3) is 5.81. The fourth-order valence-corrected chi connectivity index (χ4v) is 5.66. The van der Waals surface area contributed by atoms with Crippen molar-refractivity contribution in [2.75, 3.05) is 13.1 Å². The molecule has 200 valence electrons. The zero-order chi connectivity index (χ0) is 26.6. The first kappa shape index (κ1) is 26.1. The Morgan fingerprint density at radius 1 is 1.13 bits per heavy atom. The molecule has 0 radical (unpaired) electrons. The van der Waals surface area contributed by atoms with E-state index in [2.05, 4.69) is 15.6 Å². The van der Waals surface area contributed by atoms with E-state index in [0.717, 1.165) is 49.0 Å². The molecule has 3 aromatic rings. The van der Waals surface area contributed by atoms with Crippen LogP contribution in [0, 0.1) is 13.8 Å². The number of aliphatic hydroxyl groups is 1. The highest BCUT2D eigenvalue weighted by Crippen LogP contribution is 2.33. The third-order valence-electron chi connectivity index (χ3n) is 7.56. The van der Waals surface area contributed by atoms with Crippen LogP contribution in [-0.4, -0.2) is 58.1 Å². The standard InChI is InChI=1S/C30H36N4O4/c1-19-14-22(17-23(15-19)30(37)34-13-7-11-26(34)29-32-20(2)18-38-29)28(36)33-25(16-21-8-4-3-5-9-21)27(35)24-10-6-12-31-24/h3-5,8-9,14-15,17-18,24-27,31,35H,6-7,10-13,16H2,1-2H3,(H,33,36)/t24?,25-,26?,27+/m0/s1. The van der Waals surface area contributed by atoms with Crippen LogP contribution in [0.5, 0.6) is 0 Å². The van der Waals surface area contributed by atoms with Crippen molar-refractivity contribution in [2.45, 2.75) is 70.2 Å². The number of oxazole rings is 1. The molecule has 5 rings (SSSR count). The van der Waals surface area contributed by atoms with Crippen molar-refractivity contribution in [2.24, 2.45) is 0 Å². The smallest absolute Gasteiger partial charge is 0.254 e. The van der Waals surface area contributed by atoms with E-state index in [9.17, 15) is 14.7 Å². The van der Waals surface area contributed by atoms with Gasteiger partial charge in [0.15, 0.2) is 0 Å². The number of benzene rings is 2. The van der Waals surface area contributed by atoms with Gasteiger partial charge < -0.3 is 25.1 Å². The minimum atomic E-state index is -0.734. The Morgan fingerprint density at radius 3 is 2.63 bits per heavy atom. The average Bonchev–Trinajstić information content (AvgIpc) is 3.69. The molecule has 2 aliphatic heterocycles. The van der Waals surface area contributed by atoms with Gasteiger partial charge in [0.25, 0.3) is 11.8 Å². The normalized spacial score (nSPS) is 20.9. The van der Waals surface area contributed by atoms with E-state index in [1.54, 1.807) is 23.3 Å². The van der Waals surface area contributed by atoms with Crippen molar-refractivity contribution in [3.63, 3.8) is 0 Å². The zero-order valence-corrected chi connectivity index (χ0v) is 22.0. The summed E-state index contributed by atoms with van der Waals surface area (Å²) in [5.74, 6) is 0.108. The number of hydrogen-bond donors (Lipinski definition) is 3. The van der Waals surface area contributed by atoms with Crippen LogP contribution in [0.3, 0.4) is 0 Å². The van der Waals surface area contributed by atoms with Gasteiger partial charge in [0.2, 0.25) is 5.89 Å². The number of hydrogen-bond acceptors (Lipinski definition) is 6. The summed E-state index contributed by atoms with van der Waals surface area (Å²) in [5.41, 5.74) is 3.51. The maximum atomic E-state index is 13.6. The summed E-state index contributed by atoms with van der Waals surface area (Å²) in [7, 11) is 0. The maximum absolute atomic E-state index is 13.6. The highest BCUT2D eigenvalue weighted by molar-refractivity contribution is 6.00. The number of nitrogens with zero attached hydrogens (tertiary/aromatic N) is 2. The van der Waals surface area contributed by atoms with E-state index in [1.165, 1.54) is 0 Å². The number of carbonyl (C=O) groups is 2. The van der Waals surface area contributed by atoms with Gasteiger partial charge in [0.1, 0.15) is 12.3 Å². The lowest BCUT2D eigenvalue weighted by molar-refractivity contribution is 0.0715. The topological polar surface area (TPSA) is 108 Å². The van der Waals surface area contributed by atoms with Gasteiger partial charge in [-0.3, -0.25) is 9.59 Å². The average molecular weight is 517 g/mol. The summed E-state index contributed by atoms with van der Waals surface area (Å²) >= 11 is 0. The van der Waals surface area contributed by atoms with Gasteiger partial charge in [0.05, 0.1) is 17.8 Å². The van der Waals surface area contributed by atoms with E-state index in [4.69, 9.17) is 4.42 Å². The van der Waals surface area contributed by atoms with Gasteiger partial charge in [-0.15, -0.1) is 0 Å². The molecule has 3 N–H and O–H groups in total. The monoisotopic (exact) mass is 516 g/mol. The Morgan fingerprint density at radius 2 is 1.92 bits per heavy atom. The van der Waals surface area contributed by atoms with Crippen LogP contribution in [-0.2, 0) is 6.42 Å². The molecule has 0 spiro atoms. The van der Waals surface area contributed by atoms with E-state index in [1.807, 2.05) is 50.2 Å². The van der Waals surface area contributed by atoms with Crippen LogP contribution in [0.25, 0.3) is 0 Å². The first-order valence-corrected chi connectivity index (χ1v) is 13.5. The van der Waals surface area contributed by atoms with Gasteiger partial charge in [0, 0.05) is 23.7 Å². The Hall–Kier alpha value is -3.49. The SMILES string of the molecule is Cc1cc(C(=O)N[C@@H](Cc2ccccc2)[C@H](O)C2CCCN2)cc(C(=O)N2CCCC2c2nc(C)co2)c1. The number of aryl methyl sites for hydroxylation is 2. The van der Waals surface area contributed by atoms with Crippen LogP contribution >= 0.6 is 0 Å². The molecule has 38 heavy (non-hydrogen) atoms. The molecule has 8 heteroatoms. The minimum absolute atomic E-state index is 0.0652. The lowest BCUT2D eigenvalue weighted by atomic mass is 9.95. The predicted molar refractivity (Wildman–Crippen MR) is 144 cm³/mol. The van der Waals surface area contributed by atoms with Crippen molar-refractivity contribution in [1.82, 2.24) is 20.5 Å². The molecule has 2 saturated heterocycles. The van der Waals surface area contributed by atoms with Gasteiger partial charge in [-0.1, -0.05) is 30.3 Å². The summed E-state index contributed by atoms with van der Waals surface area (Å²) in [4.78, 5) is 33.3. The molecular weight excluding hydrogens is 480 g/mol. The second-order valence-electron chi connectivity index (χ2n) is 10.5. The second-order valence-corrected chi connectivity index (χ2v) is 10.5. The molecule has 2 aliphatic rings. The quantitative estimate of drug-likeness (QED) is 0.421. The molecule has 2 fully saturated rings. The number of rotatable bonds is 8. The lowest BCUT2D eigenvalue weighted by Crippen LogP contribution is -2.52. The van der Waals surface area contributed by atoms with Gasteiger partial charge in [-0.25, -0.2) is 4.98 Å². The fourth-order valence-electron chi connectivity index (χ4n) is 5.66. The molecule has 3 heterocycles. The minimum Gasteiger partial charge on any atom is -0.446 e. The summed E-state index contributed by atoms with van der Waals surface area (Å²) in [6.45, 7) is 5.22. The Bertz CT molecular complexity index is 1270. The van der Waals surface area contributed by atoms with E-state index in [-0.39, 0.29) is 23.9 Å². The van der Waals surface area contributed by atoms with Gasteiger partial charge in [-0.05, 0) is 81.8 Å². The molecule has 2 unspecified atom stereocenters. The molecule has 2 amide bonds. The van der Waals surface area contributed by atoms with Crippen LogP contribution in [0.4, 0.5) is 0 Å². The van der Waals surface area contributed by atoms with Crippen LogP contribution < -0.4 is 10.6 Å². The lowest BCUT2D eigenvalue weighted by Gasteiger charge is -2.29. The van der Waals surface area contributed by atoms with E-state index >= 15 is 0 Å². The molecule has 1 aromatic heterocycles. The van der Waals surface area contributed by atoms with Crippen molar-refractivity contribution in [1.29, 1.82) is 0 Å². The Balaban J connectivity index is 1.36. The first-order chi connectivity index (χ1) is 18.4. The number of aromatic nitrogens is 1. The largest absolute Gasteiger partial charge is 0.446 e. The molecular formula is C30H36N4O4. The number of carbonyl (C=O) groups excluding carboxylic acids is 2. The van der Waals surface area contributed by atoms with Crippen LogP contribution in [0.15, 0.2) is 59.2 Å². The molecule has 0 aliphatic carbocycles. The number of aliphatic hydroxyl groups excluding tert-OH is 1. The summed E-state index contributed by atoms with van der Waals surface area (Å²) in [6, 6.07) is 14.4. The summed E-state index contributed by atoms with van der Waals surface area (Å²) in [5, 5.41) is 17.6. The van der Waals surface area contributed by atoms with E-state index in [0.29, 0.717) is 30.0 Å². The number of nitrogens with one attached hydrogen (secondary N) is 2. The second kappa shape index (κ2) is 11.5.